The van der Waals surface area contributed by atoms with Crippen molar-refractivity contribution in [1.82, 2.24) is 0 Å². The number of benzene rings is 2. The molecule has 0 saturated heterocycles. The van der Waals surface area contributed by atoms with Crippen molar-refractivity contribution in [2.24, 2.45) is 18.9 Å². The van der Waals surface area contributed by atoms with Crippen LogP contribution in [0, 0.1) is 18.8 Å². The molecular weight excluding hydrogens is 326 g/mol. The number of rotatable bonds is 3. The number of fused-ring (bicyclic) bond motifs is 2. The second-order valence-corrected chi connectivity index (χ2v) is 8.63. The topological polar surface area (TPSA) is 3.88 Å². The first-order valence-electron chi connectivity index (χ1n) is 10.3. The Balaban J connectivity index is 1.42. The lowest BCUT2D eigenvalue weighted by atomic mass is 9.83. The molecule has 0 spiro atoms. The molecule has 1 heteroatoms. The van der Waals surface area contributed by atoms with Gasteiger partial charge in [-0.05, 0) is 72.8 Å². The predicted molar refractivity (Wildman–Crippen MR) is 111 cm³/mol. The summed E-state index contributed by atoms with van der Waals surface area (Å²) in [7, 11) is 2.15. The van der Waals surface area contributed by atoms with E-state index < -0.39 is 0 Å². The molecule has 2 fully saturated rings. The first-order valence-corrected chi connectivity index (χ1v) is 10.3. The van der Waals surface area contributed by atoms with Crippen molar-refractivity contribution in [3.8, 4) is 22.4 Å². The minimum absolute atomic E-state index is 0.817. The molecule has 2 bridgehead atoms. The molecule has 1 heterocycles. The molecule has 1 aromatic heterocycles. The van der Waals surface area contributed by atoms with Crippen molar-refractivity contribution in [3.05, 3.63) is 78.0 Å². The lowest BCUT2D eigenvalue weighted by Gasteiger charge is -2.22. The van der Waals surface area contributed by atoms with Crippen molar-refractivity contribution in [1.29, 1.82) is 0 Å². The molecule has 0 amide bonds. The van der Waals surface area contributed by atoms with Crippen LogP contribution in [-0.2, 0) is 7.05 Å². The zero-order chi connectivity index (χ0) is 18.4. The number of hydrogen-bond acceptors (Lipinski definition) is 0. The lowest BCUT2D eigenvalue weighted by Crippen LogP contribution is -2.30. The number of nitrogens with zero attached hydrogens (tertiary/aromatic N) is 1. The molecule has 3 unspecified atom stereocenters. The van der Waals surface area contributed by atoms with Gasteiger partial charge in [0.25, 0.3) is 0 Å². The van der Waals surface area contributed by atoms with Gasteiger partial charge >= 0.3 is 0 Å². The van der Waals surface area contributed by atoms with Gasteiger partial charge in [0.2, 0.25) is 5.69 Å². The third-order valence-electron chi connectivity index (χ3n) is 6.96. The molecule has 3 aromatic rings. The highest BCUT2D eigenvalue weighted by Crippen LogP contribution is 2.52. The average Bonchev–Trinajstić information content (AvgIpc) is 3.32. The van der Waals surface area contributed by atoms with E-state index in [1.165, 1.54) is 53.6 Å². The smallest absolute Gasteiger partial charge is 0.200 e. The van der Waals surface area contributed by atoms with Gasteiger partial charge < -0.3 is 0 Å². The van der Waals surface area contributed by atoms with Gasteiger partial charge in [0.15, 0.2) is 6.20 Å². The molecule has 27 heavy (non-hydrogen) atoms. The number of hydrogen-bond donors (Lipinski definition) is 0. The van der Waals surface area contributed by atoms with Crippen molar-refractivity contribution in [2.45, 2.75) is 38.5 Å². The van der Waals surface area contributed by atoms with Crippen LogP contribution in [0.15, 0.2) is 66.9 Å². The zero-order valence-electron chi connectivity index (χ0n) is 16.4. The summed E-state index contributed by atoms with van der Waals surface area (Å²) in [5.74, 6) is 2.78. The van der Waals surface area contributed by atoms with E-state index in [2.05, 4.69) is 85.4 Å². The second-order valence-electron chi connectivity index (χ2n) is 8.63. The van der Waals surface area contributed by atoms with E-state index >= 15 is 0 Å². The van der Waals surface area contributed by atoms with Crippen LogP contribution in [0.3, 0.4) is 0 Å². The van der Waals surface area contributed by atoms with Crippen molar-refractivity contribution >= 4 is 0 Å². The summed E-state index contributed by atoms with van der Waals surface area (Å²) >= 11 is 0. The fourth-order valence-electron chi connectivity index (χ4n) is 5.49. The van der Waals surface area contributed by atoms with Crippen LogP contribution in [0.25, 0.3) is 22.4 Å². The quantitative estimate of drug-likeness (QED) is 0.504. The summed E-state index contributed by atoms with van der Waals surface area (Å²) < 4.78 is 2.25. The largest absolute Gasteiger partial charge is 0.212 e. The SMILES string of the molecule is Cc1ccccc1-c1ccc(-c2ccc(C3CC4CCC3C4)cc2)c[n+]1C. The third-order valence-corrected chi connectivity index (χ3v) is 6.96. The first-order chi connectivity index (χ1) is 13.2. The van der Waals surface area contributed by atoms with E-state index in [-0.39, 0.29) is 0 Å². The highest BCUT2D eigenvalue weighted by Gasteiger charge is 2.39. The van der Waals surface area contributed by atoms with Gasteiger partial charge in [-0.25, -0.2) is 4.57 Å². The summed E-state index contributed by atoms with van der Waals surface area (Å²) in [6.45, 7) is 2.18. The lowest BCUT2D eigenvalue weighted by molar-refractivity contribution is -0.659. The molecule has 5 rings (SSSR count). The van der Waals surface area contributed by atoms with Crippen LogP contribution >= 0.6 is 0 Å². The summed E-state index contributed by atoms with van der Waals surface area (Å²) in [5.41, 5.74) is 8.04. The van der Waals surface area contributed by atoms with Gasteiger partial charge in [0, 0.05) is 17.2 Å². The maximum Gasteiger partial charge on any atom is 0.212 e. The third kappa shape index (κ3) is 3.00. The van der Waals surface area contributed by atoms with Crippen LogP contribution in [0.1, 0.15) is 42.7 Å². The Hall–Kier alpha value is -2.41. The minimum Gasteiger partial charge on any atom is -0.200 e. The Morgan fingerprint density at radius 3 is 2.26 bits per heavy atom. The fourth-order valence-corrected chi connectivity index (χ4v) is 5.49. The van der Waals surface area contributed by atoms with Crippen molar-refractivity contribution < 1.29 is 4.57 Å². The van der Waals surface area contributed by atoms with Crippen molar-refractivity contribution in [2.75, 3.05) is 0 Å². The molecule has 2 aliphatic carbocycles. The molecule has 3 atom stereocenters. The molecule has 0 aliphatic heterocycles. The highest BCUT2D eigenvalue weighted by atomic mass is 14.9. The molecule has 2 saturated carbocycles. The van der Waals surface area contributed by atoms with Crippen LogP contribution < -0.4 is 4.57 Å². The van der Waals surface area contributed by atoms with E-state index in [9.17, 15) is 0 Å². The maximum atomic E-state index is 2.38. The molecular formula is C26H28N+. The van der Waals surface area contributed by atoms with Crippen LogP contribution in [-0.4, -0.2) is 0 Å². The highest BCUT2D eigenvalue weighted by molar-refractivity contribution is 5.66. The Morgan fingerprint density at radius 2 is 1.59 bits per heavy atom. The zero-order valence-corrected chi connectivity index (χ0v) is 16.4. The van der Waals surface area contributed by atoms with Crippen LogP contribution in [0.2, 0.25) is 0 Å². The summed E-state index contributed by atoms with van der Waals surface area (Å²) in [4.78, 5) is 0. The Kier molecular flexibility index (Phi) is 4.11. The number of aryl methyl sites for hydroxylation is 2. The molecule has 136 valence electrons. The van der Waals surface area contributed by atoms with E-state index in [4.69, 9.17) is 0 Å². The van der Waals surface area contributed by atoms with Crippen LogP contribution in [0.4, 0.5) is 0 Å². The minimum atomic E-state index is 0.817. The average molecular weight is 355 g/mol. The van der Waals surface area contributed by atoms with E-state index in [0.29, 0.717) is 0 Å². The van der Waals surface area contributed by atoms with E-state index in [0.717, 1.165) is 17.8 Å². The van der Waals surface area contributed by atoms with Gasteiger partial charge in [0.05, 0.1) is 0 Å². The molecule has 2 aromatic carbocycles. The van der Waals surface area contributed by atoms with Gasteiger partial charge in [-0.2, -0.15) is 0 Å². The molecule has 1 nitrogen and oxygen atoms in total. The Morgan fingerprint density at radius 1 is 0.815 bits per heavy atom. The molecule has 2 aliphatic rings. The fraction of sp³-hybridized carbons (Fsp3) is 0.346. The van der Waals surface area contributed by atoms with Gasteiger partial charge in [-0.1, -0.05) is 48.9 Å². The number of pyridine rings is 1. The van der Waals surface area contributed by atoms with Crippen molar-refractivity contribution in [3.63, 3.8) is 0 Å². The van der Waals surface area contributed by atoms with Gasteiger partial charge in [-0.3, -0.25) is 0 Å². The first kappa shape index (κ1) is 16.7. The maximum absolute atomic E-state index is 2.38. The molecule has 0 N–H and O–H groups in total. The van der Waals surface area contributed by atoms with Crippen LogP contribution in [0.5, 0.6) is 0 Å². The number of aromatic nitrogens is 1. The normalized spacial score (nSPS) is 23.7. The summed E-state index contributed by atoms with van der Waals surface area (Å²) in [5, 5.41) is 0. The van der Waals surface area contributed by atoms with Gasteiger partial charge in [-0.15, -0.1) is 0 Å². The summed E-state index contributed by atoms with van der Waals surface area (Å²) in [6, 6.07) is 22.5. The van der Waals surface area contributed by atoms with E-state index in [1.807, 2.05) is 0 Å². The standard InChI is InChI=1S/C26H28N/c1-18-5-3-4-6-24(18)26-14-13-23(17-27(26)2)20-9-11-21(12-10-20)25-16-19-7-8-22(25)15-19/h3-6,9-14,17,19,22,25H,7-8,15-16H2,1-2H3/q+1. The Labute approximate surface area is 162 Å². The predicted octanol–water partition coefficient (Wildman–Crippen LogP) is 6.06. The Bertz CT molecular complexity index is 970. The monoisotopic (exact) mass is 354 g/mol. The molecule has 0 radical (unpaired) electrons. The summed E-state index contributed by atoms with van der Waals surface area (Å²) in [6.07, 6.45) is 8.08. The van der Waals surface area contributed by atoms with Gasteiger partial charge in [0.1, 0.15) is 7.05 Å². The van der Waals surface area contributed by atoms with E-state index in [1.54, 1.807) is 5.56 Å². The second kappa shape index (κ2) is 6.64.